The van der Waals surface area contributed by atoms with E-state index >= 15 is 0 Å². The number of aryl methyl sites for hydroxylation is 1. The molecule has 0 unspecified atom stereocenters. The molecule has 0 aromatic heterocycles. The topological polar surface area (TPSA) is 265 Å². The Morgan fingerprint density at radius 1 is 0.614 bits per heavy atom. The monoisotopic (exact) mass is 859 g/mol. The van der Waals surface area contributed by atoms with Crippen molar-refractivity contribution in [2.75, 3.05) is 12.4 Å². The minimum absolute atomic E-state index is 0. The third-order valence-electron chi connectivity index (χ3n) is 6.70. The molecule has 6 aromatic carbocycles. The number of phenolic OH excluding ortho intramolecular Hbond substituents is 2. The van der Waals surface area contributed by atoms with Crippen LogP contribution in [0.2, 0.25) is 0 Å². The van der Waals surface area contributed by atoms with E-state index < -0.39 is 31.8 Å². The molecule has 0 atom stereocenters. The summed E-state index contributed by atoms with van der Waals surface area (Å²) < 4.78 is 81.5. The van der Waals surface area contributed by atoms with Gasteiger partial charge in [0.15, 0.2) is 0 Å². The molecule has 0 aliphatic carbocycles. The summed E-state index contributed by atoms with van der Waals surface area (Å²) in [5.41, 5.74) is 4.34. The number of para-hydroxylation sites is 1. The Morgan fingerprint density at radius 3 is 1.77 bits per heavy atom. The van der Waals surface area contributed by atoms with Gasteiger partial charge in [-0.2, -0.15) is 52.7 Å². The molecule has 0 radical (unpaired) electrons. The van der Waals surface area contributed by atoms with Gasteiger partial charge in [0.05, 0.1) is 12.8 Å². The Bertz CT molecular complexity index is 2620. The van der Waals surface area contributed by atoms with Crippen molar-refractivity contribution in [2.45, 2.75) is 6.92 Å². The van der Waals surface area contributed by atoms with Crippen LogP contribution in [0.5, 0.6) is 17.2 Å². The van der Waals surface area contributed by atoms with Crippen LogP contribution in [0.1, 0.15) is 5.56 Å². The quantitative estimate of drug-likeness (QED) is 0.0868. The van der Waals surface area contributed by atoms with Crippen molar-refractivity contribution in [3.63, 3.8) is 0 Å². The van der Waals surface area contributed by atoms with Gasteiger partial charge in [-0.1, -0.05) is 35.7 Å². The predicted octanol–water partition coefficient (Wildman–Crippen LogP) is -2.30. The third-order valence-corrected chi connectivity index (χ3v) is 6.70. The number of anilines is 2. The summed E-state index contributed by atoms with van der Waals surface area (Å²) >= 11 is 0. The smallest absolute Gasteiger partial charge is 0.566 e. The van der Waals surface area contributed by atoms with Crippen LogP contribution in [-0.4, -0.2) is 55.2 Å². The molecule has 0 bridgehead atoms. The maximum absolute atomic E-state index is 10.9. The first-order valence-corrected chi connectivity index (χ1v) is 17.5. The second kappa shape index (κ2) is 26.9. The summed E-state index contributed by atoms with van der Waals surface area (Å²) in [5.74, 6) is 0.479. The Labute approximate surface area is 396 Å². The van der Waals surface area contributed by atoms with E-state index in [2.05, 4.69) is 44.0 Å². The number of benzene rings is 6. The second-order valence-electron chi connectivity index (χ2n) is 10.1. The first-order chi connectivity index (χ1) is 25.7. The molecule has 6 rings (SSSR count). The first kappa shape index (κ1) is 53.1. The summed E-state index contributed by atoms with van der Waals surface area (Å²) in [5, 5.41) is 44.7. The van der Waals surface area contributed by atoms with E-state index in [1.807, 2.05) is 55.5 Å². The van der Waals surface area contributed by atoms with Gasteiger partial charge in [-0.15, -0.1) is 65.2 Å². The molecule has 0 heterocycles. The number of phenols is 2. The number of nitrogens with zero attached hydrogens (tertiary/aromatic N) is 4. The summed E-state index contributed by atoms with van der Waals surface area (Å²) in [6, 6.07) is 36.3. The Balaban J connectivity index is 0.00000185. The number of azo groups is 2. The standard InChI is InChI=1S/C34H24N5O3.3Na.3O3S/c1-21-18-30(32(42-2)20-29(21)38-36-27-12-6-8-22-9-7-13-31(40)33(22)27)39-37-28-17-14-23-19-25(15-16-26(23)34(28)41)35-24-10-4-3-5-11-24;;;;3*1-4(2)3/h3-5,8-16,18-20,35,40-41H,1-2H3;;;;;;/q-3;3*+1;;;. The second-order valence-corrected chi connectivity index (χ2v) is 11.3. The van der Waals surface area contributed by atoms with Crippen molar-refractivity contribution < 1.29 is 142 Å². The molecule has 0 aliphatic rings. The van der Waals surface area contributed by atoms with E-state index in [1.54, 1.807) is 36.4 Å². The Kier molecular flexibility index (Phi) is 25.1. The maximum Gasteiger partial charge on any atom is 1.00 e. The Morgan fingerprint density at radius 2 is 1.18 bits per heavy atom. The number of hydrogen-bond acceptors (Lipinski definition) is 17. The number of rotatable bonds is 7. The molecule has 3 N–H and O–H groups in total. The van der Waals surface area contributed by atoms with Gasteiger partial charge in [-0.05, 0) is 42.4 Å². The zero-order valence-electron chi connectivity index (χ0n) is 30.7. The largest absolute Gasteiger partial charge is 1.00 e. The van der Waals surface area contributed by atoms with Crippen molar-refractivity contribution >= 4 is 87.5 Å². The van der Waals surface area contributed by atoms with Crippen molar-refractivity contribution in [1.29, 1.82) is 0 Å². The number of nitrogens with one attached hydrogen (secondary N) is 1. The van der Waals surface area contributed by atoms with Crippen LogP contribution in [0.15, 0.2) is 111 Å². The van der Waals surface area contributed by atoms with Gasteiger partial charge in [0.25, 0.3) is 0 Å². The zero-order valence-corrected chi connectivity index (χ0v) is 39.1. The molecule has 0 aliphatic heterocycles. The zero-order chi connectivity index (χ0) is 39.8. The molecule has 0 fully saturated rings. The molecule has 57 heavy (non-hydrogen) atoms. The third kappa shape index (κ3) is 17.6. The number of aromatic hydroxyl groups is 2. The maximum atomic E-state index is 10.9. The Hall–Kier alpha value is -3.90. The summed E-state index contributed by atoms with van der Waals surface area (Å²) in [7, 11) is -7.81. The minimum atomic E-state index is -3.11. The van der Waals surface area contributed by atoms with Gasteiger partial charge >= 0.3 is 120 Å². The normalized spacial score (nSPS) is 9.79. The average molecular weight is 860 g/mol. The van der Waals surface area contributed by atoms with E-state index in [0.717, 1.165) is 27.7 Å². The van der Waals surface area contributed by atoms with E-state index in [-0.39, 0.29) is 106 Å². The molecule has 0 saturated carbocycles. The SMILES string of the molecule is COc1cc(N=Nc2c[c-]cc3c[c-]cc(O)c23)c(C)cc1N=Nc1[c-]cc2cc(Nc3ccccc3)ccc2c1O.O=S(=O)=O.O=S(=O)=O.O=S(=O)=O.[Na+].[Na+].[Na+]. The molecule has 23 heteroatoms. The number of hydrogen-bond donors (Lipinski definition) is 3. The average Bonchev–Trinajstić information content (AvgIpc) is 3.11. The van der Waals surface area contributed by atoms with E-state index in [4.69, 9.17) is 42.6 Å². The van der Waals surface area contributed by atoms with Crippen LogP contribution in [0.3, 0.4) is 0 Å². The van der Waals surface area contributed by atoms with Gasteiger partial charge in [-0.25, -0.2) is 5.11 Å². The predicted molar refractivity (Wildman–Crippen MR) is 193 cm³/mol. The summed E-state index contributed by atoms with van der Waals surface area (Å²) in [4.78, 5) is 0. The first-order valence-electron chi connectivity index (χ1n) is 14.5. The van der Waals surface area contributed by atoms with Crippen LogP contribution < -0.4 is 98.7 Å². The molecule has 6 aromatic rings. The van der Waals surface area contributed by atoms with Crippen molar-refractivity contribution in [2.24, 2.45) is 20.5 Å². The number of ether oxygens (including phenoxy) is 1. The molecule has 278 valence electrons. The fourth-order valence-electron chi connectivity index (χ4n) is 4.56. The van der Waals surface area contributed by atoms with Gasteiger partial charge in [0, 0.05) is 34.6 Å². The fraction of sp³-hybridized carbons (Fsp3) is 0.0588. The van der Waals surface area contributed by atoms with Crippen molar-refractivity contribution in [3.8, 4) is 17.2 Å². The molecular weight excluding hydrogens is 836 g/mol. The van der Waals surface area contributed by atoms with Crippen LogP contribution >= 0.6 is 0 Å². The van der Waals surface area contributed by atoms with Crippen molar-refractivity contribution in [1.82, 2.24) is 0 Å². The van der Waals surface area contributed by atoms with Gasteiger partial charge < -0.3 is 20.3 Å². The van der Waals surface area contributed by atoms with Crippen LogP contribution in [0.25, 0.3) is 21.5 Å². The summed E-state index contributed by atoms with van der Waals surface area (Å²) in [6.45, 7) is 1.87. The van der Waals surface area contributed by atoms with Crippen LogP contribution in [-0.2, 0) is 31.8 Å². The van der Waals surface area contributed by atoms with Gasteiger partial charge in [0.1, 0.15) is 11.4 Å². The van der Waals surface area contributed by atoms with Gasteiger partial charge in [-0.3, -0.25) is 0 Å². The molecule has 0 amide bonds. The van der Waals surface area contributed by atoms with E-state index in [1.165, 1.54) is 13.2 Å². The molecule has 0 spiro atoms. The molecular formula is C34H24N5Na3O12S3. The van der Waals surface area contributed by atoms with Gasteiger partial charge in [0.2, 0.25) is 0 Å². The molecule has 17 nitrogen and oxygen atoms in total. The minimum Gasteiger partial charge on any atom is -0.566 e. The molecule has 0 saturated heterocycles. The van der Waals surface area contributed by atoms with Crippen molar-refractivity contribution in [3.05, 3.63) is 115 Å². The summed E-state index contributed by atoms with van der Waals surface area (Å²) in [6.07, 6.45) is 0. The number of methoxy groups -OCH3 is 1. The fourth-order valence-corrected chi connectivity index (χ4v) is 4.56. The van der Waals surface area contributed by atoms with Crippen LogP contribution in [0.4, 0.5) is 34.1 Å². The number of fused-ring (bicyclic) bond motifs is 2. The van der Waals surface area contributed by atoms with E-state index in [9.17, 15) is 10.2 Å². The van der Waals surface area contributed by atoms with Crippen LogP contribution in [0, 0.1) is 25.1 Å². The van der Waals surface area contributed by atoms with E-state index in [0.29, 0.717) is 33.6 Å².